The van der Waals surface area contributed by atoms with Crippen LogP contribution in [0.1, 0.15) is 24.0 Å². The van der Waals surface area contributed by atoms with Gasteiger partial charge in [0.05, 0.1) is 9.70 Å². The van der Waals surface area contributed by atoms with Gasteiger partial charge in [-0.05, 0) is 35.6 Å². The van der Waals surface area contributed by atoms with Gasteiger partial charge in [-0.25, -0.2) is 0 Å². The number of hydrogen-bond donors (Lipinski definition) is 3. The summed E-state index contributed by atoms with van der Waals surface area (Å²) in [6.07, 6.45) is 2.47. The maximum atomic E-state index is 12.5. The van der Waals surface area contributed by atoms with Gasteiger partial charge in [0, 0.05) is 24.9 Å². The first-order valence-electron chi connectivity index (χ1n) is 10.9. The number of aromatic nitrogens is 1. The molecular formula is C22H25N5O9S. The summed E-state index contributed by atoms with van der Waals surface area (Å²) in [5.41, 5.74) is 5.44. The Labute approximate surface area is 214 Å². The first-order valence-corrected chi connectivity index (χ1v) is 11.7. The number of aliphatic hydroxyl groups excluding tert-OH is 1. The standard InChI is InChI=1S/C22H25N5O9S/c1-22(12-35-26(30)31,13-36-27(32)33)21(29)34-11-14-2-4-15(5-3-14)17(9-23)20(28)25-19-8-16-6-7-24-10-18(16)37-19/h2-8,10,17,20,25,28H,9,11-13,23H2,1H3/t17-,20+/m1/s1. The molecule has 0 unspecified atom stereocenters. The van der Waals surface area contributed by atoms with Crippen molar-refractivity contribution in [2.45, 2.75) is 25.7 Å². The minimum Gasteiger partial charge on any atom is -0.460 e. The van der Waals surface area contributed by atoms with Crippen LogP contribution in [-0.4, -0.2) is 52.2 Å². The molecule has 2 atom stereocenters. The zero-order valence-corrected chi connectivity index (χ0v) is 20.5. The van der Waals surface area contributed by atoms with E-state index in [0.29, 0.717) is 5.56 Å². The molecule has 3 rings (SSSR count). The molecule has 0 aliphatic heterocycles. The number of rotatable bonds is 14. The van der Waals surface area contributed by atoms with Crippen molar-refractivity contribution in [2.75, 3.05) is 25.1 Å². The number of nitrogens with two attached hydrogens (primary N) is 1. The number of aliphatic hydroxyl groups is 1. The summed E-state index contributed by atoms with van der Waals surface area (Å²) in [6.45, 7) is -0.440. The lowest BCUT2D eigenvalue weighted by atomic mass is 9.93. The molecule has 2 heterocycles. The number of benzene rings is 1. The van der Waals surface area contributed by atoms with Gasteiger partial charge in [-0.3, -0.25) is 9.78 Å². The Morgan fingerprint density at radius 1 is 1.19 bits per heavy atom. The molecular weight excluding hydrogens is 510 g/mol. The quantitative estimate of drug-likeness (QED) is 0.118. The Balaban J connectivity index is 1.61. The Morgan fingerprint density at radius 2 is 1.84 bits per heavy atom. The highest BCUT2D eigenvalue weighted by atomic mass is 32.1. The first kappa shape index (κ1) is 27.5. The highest BCUT2D eigenvalue weighted by molar-refractivity contribution is 7.22. The summed E-state index contributed by atoms with van der Waals surface area (Å²) in [5, 5.41) is 34.4. The third kappa shape index (κ3) is 7.45. The molecule has 14 nitrogen and oxygen atoms in total. The monoisotopic (exact) mass is 535 g/mol. The maximum Gasteiger partial charge on any atom is 0.316 e. The average molecular weight is 536 g/mol. The molecule has 0 fully saturated rings. The lowest BCUT2D eigenvalue weighted by Gasteiger charge is -2.25. The van der Waals surface area contributed by atoms with E-state index in [4.69, 9.17) is 10.5 Å². The van der Waals surface area contributed by atoms with Gasteiger partial charge in [-0.15, -0.1) is 31.6 Å². The molecule has 0 aliphatic carbocycles. The van der Waals surface area contributed by atoms with Crippen molar-refractivity contribution in [3.63, 3.8) is 0 Å². The summed E-state index contributed by atoms with van der Waals surface area (Å²) in [4.78, 5) is 46.1. The number of hydrogen-bond acceptors (Lipinski definition) is 13. The van der Waals surface area contributed by atoms with Crippen LogP contribution in [0.5, 0.6) is 0 Å². The van der Waals surface area contributed by atoms with Crippen LogP contribution in [0, 0.1) is 25.6 Å². The summed E-state index contributed by atoms with van der Waals surface area (Å²) < 4.78 is 6.18. The molecule has 0 saturated heterocycles. The fourth-order valence-electron chi connectivity index (χ4n) is 3.38. The Hall–Kier alpha value is -4.08. The number of nitrogens with one attached hydrogen (secondary N) is 1. The van der Waals surface area contributed by atoms with E-state index in [1.807, 2.05) is 12.1 Å². The second kappa shape index (κ2) is 12.2. The van der Waals surface area contributed by atoms with Crippen molar-refractivity contribution < 1.29 is 34.5 Å². The molecule has 3 aromatic rings. The molecule has 1 aromatic carbocycles. The number of carbonyl (C=O) groups excluding carboxylic acids is 1. The molecule has 0 bridgehead atoms. The minimum absolute atomic E-state index is 0.153. The van der Waals surface area contributed by atoms with Crippen LogP contribution in [0.25, 0.3) is 10.1 Å². The second-order valence-corrected chi connectivity index (χ2v) is 9.41. The number of thiophene rings is 1. The minimum atomic E-state index is -1.79. The van der Waals surface area contributed by atoms with E-state index < -0.39 is 46.9 Å². The molecule has 0 saturated carbocycles. The van der Waals surface area contributed by atoms with Gasteiger partial charge in [0.25, 0.3) is 10.2 Å². The van der Waals surface area contributed by atoms with E-state index in [2.05, 4.69) is 20.0 Å². The fraction of sp³-hybridized carbons (Fsp3) is 0.364. The lowest BCUT2D eigenvalue weighted by molar-refractivity contribution is -0.770. The van der Waals surface area contributed by atoms with Gasteiger partial charge in [0.2, 0.25) is 0 Å². The van der Waals surface area contributed by atoms with Gasteiger partial charge in [-0.1, -0.05) is 24.3 Å². The number of anilines is 1. The van der Waals surface area contributed by atoms with Crippen molar-refractivity contribution in [2.24, 2.45) is 11.1 Å². The molecule has 0 spiro atoms. The van der Waals surface area contributed by atoms with E-state index in [-0.39, 0.29) is 13.2 Å². The zero-order chi connectivity index (χ0) is 27.0. The molecule has 0 amide bonds. The summed E-state index contributed by atoms with van der Waals surface area (Å²) in [6, 6.07) is 10.6. The lowest BCUT2D eigenvalue weighted by Crippen LogP contribution is -2.40. The van der Waals surface area contributed by atoms with Crippen LogP contribution in [0.4, 0.5) is 5.00 Å². The topological polar surface area (TPSA) is 202 Å². The maximum absolute atomic E-state index is 12.5. The molecule has 2 aromatic heterocycles. The fourth-order valence-corrected chi connectivity index (χ4v) is 4.34. The Bertz CT molecular complexity index is 1190. The summed E-state index contributed by atoms with van der Waals surface area (Å²) in [7, 11) is 0. The highest BCUT2D eigenvalue weighted by Gasteiger charge is 2.38. The number of nitrogens with zero attached hydrogens (tertiary/aromatic N) is 3. The van der Waals surface area contributed by atoms with Gasteiger partial charge in [-0.2, -0.15) is 0 Å². The molecule has 4 N–H and O–H groups in total. The third-order valence-corrected chi connectivity index (χ3v) is 6.51. The zero-order valence-electron chi connectivity index (χ0n) is 19.6. The number of ether oxygens (including phenoxy) is 1. The molecule has 0 radical (unpaired) electrons. The van der Waals surface area contributed by atoms with Crippen molar-refractivity contribution in [3.8, 4) is 0 Å². The van der Waals surface area contributed by atoms with E-state index >= 15 is 0 Å². The van der Waals surface area contributed by atoms with Gasteiger partial charge >= 0.3 is 5.97 Å². The van der Waals surface area contributed by atoms with Crippen LogP contribution in [-0.2, 0) is 25.8 Å². The Morgan fingerprint density at radius 3 is 2.41 bits per heavy atom. The van der Waals surface area contributed by atoms with Crippen LogP contribution in [0.2, 0.25) is 0 Å². The number of esters is 1. The average Bonchev–Trinajstić information content (AvgIpc) is 3.28. The predicted molar refractivity (Wildman–Crippen MR) is 131 cm³/mol. The van der Waals surface area contributed by atoms with Gasteiger partial charge in [0.1, 0.15) is 31.5 Å². The number of carbonyl (C=O) groups is 1. The number of fused-ring (bicyclic) bond motifs is 1. The SMILES string of the molecule is CC(CO[N+](=O)[O-])(CO[N+](=O)[O-])C(=O)OCc1ccc([C@@H](CN)[C@H](O)Nc2cc3ccncc3s2)cc1. The molecule has 198 valence electrons. The normalized spacial score (nSPS) is 12.9. The van der Waals surface area contributed by atoms with E-state index in [1.54, 1.807) is 36.7 Å². The van der Waals surface area contributed by atoms with Gasteiger partial charge in [0.15, 0.2) is 0 Å². The van der Waals surface area contributed by atoms with Crippen LogP contribution in [0.3, 0.4) is 0 Å². The molecule has 37 heavy (non-hydrogen) atoms. The first-order chi connectivity index (χ1) is 17.6. The van der Waals surface area contributed by atoms with Crippen LogP contribution >= 0.6 is 11.3 Å². The van der Waals surface area contributed by atoms with E-state index in [9.17, 15) is 30.1 Å². The van der Waals surface area contributed by atoms with E-state index in [0.717, 1.165) is 20.7 Å². The molecule has 15 heteroatoms. The van der Waals surface area contributed by atoms with Gasteiger partial charge < -0.3 is 30.6 Å². The highest BCUT2D eigenvalue weighted by Crippen LogP contribution is 2.31. The summed E-state index contributed by atoms with van der Waals surface area (Å²) in [5.74, 6) is -1.42. The van der Waals surface area contributed by atoms with Crippen molar-refractivity contribution in [1.29, 1.82) is 0 Å². The van der Waals surface area contributed by atoms with Crippen molar-refractivity contribution in [1.82, 2.24) is 4.98 Å². The Kier molecular flexibility index (Phi) is 9.10. The summed E-state index contributed by atoms with van der Waals surface area (Å²) >= 11 is 1.46. The largest absolute Gasteiger partial charge is 0.460 e. The predicted octanol–water partition coefficient (Wildman–Crippen LogP) is 2.24. The third-order valence-electron chi connectivity index (χ3n) is 5.50. The molecule has 0 aliphatic rings. The van der Waals surface area contributed by atoms with Crippen molar-refractivity contribution >= 4 is 32.4 Å². The second-order valence-electron chi connectivity index (χ2n) is 8.33. The van der Waals surface area contributed by atoms with Crippen molar-refractivity contribution in [3.05, 3.63) is 80.1 Å². The van der Waals surface area contributed by atoms with E-state index in [1.165, 1.54) is 18.3 Å². The smallest absolute Gasteiger partial charge is 0.316 e. The van der Waals surface area contributed by atoms with Crippen LogP contribution in [0.15, 0.2) is 48.8 Å². The van der Waals surface area contributed by atoms with Crippen LogP contribution < -0.4 is 11.1 Å². The number of pyridine rings is 1.